The first-order valence-corrected chi connectivity index (χ1v) is 6.35. The van der Waals surface area contributed by atoms with Gasteiger partial charge in [-0.2, -0.15) is 0 Å². The van der Waals surface area contributed by atoms with Gasteiger partial charge < -0.3 is 4.84 Å². The van der Waals surface area contributed by atoms with Crippen molar-refractivity contribution in [1.29, 1.82) is 0 Å². The third-order valence-corrected chi connectivity index (χ3v) is 3.21. The molecule has 0 spiro atoms. The van der Waals surface area contributed by atoms with Gasteiger partial charge in [-0.1, -0.05) is 30.5 Å². The molecule has 1 aliphatic rings. The average molecular weight is 253 g/mol. The Balaban J connectivity index is 1.77. The molecule has 98 valence electrons. The molecular formula is C14H17F2NO. The highest BCUT2D eigenvalue weighted by Crippen LogP contribution is 2.21. The van der Waals surface area contributed by atoms with Crippen LogP contribution in [0.1, 0.15) is 37.7 Å². The highest BCUT2D eigenvalue weighted by molar-refractivity contribution is 5.59. The smallest absolute Gasteiger partial charge is 0.159 e. The van der Waals surface area contributed by atoms with Crippen LogP contribution in [0.4, 0.5) is 8.78 Å². The summed E-state index contributed by atoms with van der Waals surface area (Å²) in [5.74, 6) is -1.19. The summed E-state index contributed by atoms with van der Waals surface area (Å²) in [7, 11) is 0. The number of nitrogens with zero attached hydrogens (tertiary/aromatic N) is 1. The standard InChI is InChI=1S/C14H17F2NO/c15-13-7-6-12(8-14(13)16)10-18-17-9-11-4-2-1-3-5-11/h6-9,11H,1-5,10H2. The van der Waals surface area contributed by atoms with Crippen molar-refractivity contribution in [2.75, 3.05) is 0 Å². The molecule has 1 aromatic rings. The second kappa shape index (κ2) is 6.47. The lowest BCUT2D eigenvalue weighted by atomic mass is 9.90. The van der Waals surface area contributed by atoms with Crippen LogP contribution in [0.3, 0.4) is 0 Å². The molecule has 4 heteroatoms. The quantitative estimate of drug-likeness (QED) is 0.586. The van der Waals surface area contributed by atoms with Gasteiger partial charge in [0.05, 0.1) is 0 Å². The summed E-state index contributed by atoms with van der Waals surface area (Å²) in [5, 5.41) is 3.90. The molecule has 1 aliphatic carbocycles. The van der Waals surface area contributed by atoms with E-state index in [1.54, 1.807) is 0 Å². The van der Waals surface area contributed by atoms with Crippen molar-refractivity contribution in [2.45, 2.75) is 38.7 Å². The van der Waals surface area contributed by atoms with Gasteiger partial charge >= 0.3 is 0 Å². The van der Waals surface area contributed by atoms with Gasteiger partial charge in [-0.15, -0.1) is 0 Å². The Morgan fingerprint density at radius 1 is 1.17 bits per heavy atom. The van der Waals surface area contributed by atoms with E-state index in [4.69, 9.17) is 4.84 Å². The van der Waals surface area contributed by atoms with Gasteiger partial charge in [0.2, 0.25) is 0 Å². The summed E-state index contributed by atoms with van der Waals surface area (Å²) in [5.41, 5.74) is 0.578. The number of oxime groups is 1. The van der Waals surface area contributed by atoms with E-state index in [9.17, 15) is 8.78 Å². The minimum atomic E-state index is -0.854. The molecule has 2 nitrogen and oxygen atoms in total. The highest BCUT2D eigenvalue weighted by Gasteiger charge is 2.10. The molecular weight excluding hydrogens is 236 g/mol. The summed E-state index contributed by atoms with van der Waals surface area (Å²) < 4.78 is 25.6. The molecule has 0 N–H and O–H groups in total. The van der Waals surface area contributed by atoms with Gasteiger partial charge in [0.1, 0.15) is 6.61 Å². The van der Waals surface area contributed by atoms with Crippen molar-refractivity contribution in [2.24, 2.45) is 11.1 Å². The Kier molecular flexibility index (Phi) is 4.67. The fourth-order valence-electron chi connectivity index (χ4n) is 2.15. The fourth-order valence-corrected chi connectivity index (χ4v) is 2.15. The summed E-state index contributed by atoms with van der Waals surface area (Å²) in [6.07, 6.45) is 7.97. The van der Waals surface area contributed by atoms with E-state index in [2.05, 4.69) is 5.16 Å². The van der Waals surface area contributed by atoms with Crippen LogP contribution < -0.4 is 0 Å². The van der Waals surface area contributed by atoms with E-state index in [-0.39, 0.29) is 6.61 Å². The van der Waals surface area contributed by atoms with Gasteiger partial charge in [0, 0.05) is 6.21 Å². The largest absolute Gasteiger partial charge is 0.391 e. The first-order chi connectivity index (χ1) is 8.75. The van der Waals surface area contributed by atoms with Gasteiger partial charge in [0.25, 0.3) is 0 Å². The maximum atomic E-state index is 12.9. The van der Waals surface area contributed by atoms with Gasteiger partial charge in [0.15, 0.2) is 11.6 Å². The predicted molar refractivity (Wildman–Crippen MR) is 66.2 cm³/mol. The molecule has 1 saturated carbocycles. The zero-order valence-corrected chi connectivity index (χ0v) is 10.2. The third kappa shape index (κ3) is 3.79. The SMILES string of the molecule is Fc1ccc(CON=CC2CCCCC2)cc1F. The molecule has 0 aliphatic heterocycles. The lowest BCUT2D eigenvalue weighted by Gasteiger charge is -2.16. The van der Waals surface area contributed by atoms with Crippen LogP contribution in [0.2, 0.25) is 0 Å². The minimum absolute atomic E-state index is 0.167. The topological polar surface area (TPSA) is 21.6 Å². The number of hydrogen-bond acceptors (Lipinski definition) is 2. The molecule has 0 atom stereocenters. The summed E-state index contributed by atoms with van der Waals surface area (Å²) >= 11 is 0. The monoisotopic (exact) mass is 253 g/mol. The van der Waals surface area contributed by atoms with Crippen LogP contribution in [-0.4, -0.2) is 6.21 Å². The van der Waals surface area contributed by atoms with Crippen molar-refractivity contribution < 1.29 is 13.6 Å². The van der Waals surface area contributed by atoms with E-state index >= 15 is 0 Å². The zero-order valence-electron chi connectivity index (χ0n) is 10.2. The predicted octanol–water partition coefficient (Wildman–Crippen LogP) is 4.05. The van der Waals surface area contributed by atoms with Crippen molar-refractivity contribution in [3.05, 3.63) is 35.4 Å². The number of halogens is 2. The molecule has 0 saturated heterocycles. The van der Waals surface area contributed by atoms with Crippen LogP contribution in [0.5, 0.6) is 0 Å². The summed E-state index contributed by atoms with van der Waals surface area (Å²) in [6, 6.07) is 3.72. The van der Waals surface area contributed by atoms with Crippen LogP contribution in [0.25, 0.3) is 0 Å². The second-order valence-electron chi connectivity index (χ2n) is 4.67. The maximum absolute atomic E-state index is 12.9. The third-order valence-electron chi connectivity index (χ3n) is 3.21. The first kappa shape index (κ1) is 13.0. The lowest BCUT2D eigenvalue weighted by molar-refractivity contribution is 0.130. The molecule has 0 aromatic heterocycles. The Bertz CT molecular complexity index is 414. The Hall–Kier alpha value is -1.45. The highest BCUT2D eigenvalue weighted by atomic mass is 19.2. The second-order valence-corrected chi connectivity index (χ2v) is 4.67. The van der Waals surface area contributed by atoms with Crippen molar-refractivity contribution >= 4 is 6.21 Å². The molecule has 0 bridgehead atoms. The molecule has 1 aromatic carbocycles. The van der Waals surface area contributed by atoms with Crippen LogP contribution in [-0.2, 0) is 11.4 Å². The fraction of sp³-hybridized carbons (Fsp3) is 0.500. The Morgan fingerprint density at radius 3 is 2.67 bits per heavy atom. The lowest BCUT2D eigenvalue weighted by Crippen LogP contribution is -2.07. The number of rotatable bonds is 4. The number of benzene rings is 1. The Morgan fingerprint density at radius 2 is 1.94 bits per heavy atom. The van der Waals surface area contributed by atoms with Crippen LogP contribution in [0.15, 0.2) is 23.4 Å². The maximum Gasteiger partial charge on any atom is 0.159 e. The van der Waals surface area contributed by atoms with Crippen molar-refractivity contribution in [1.82, 2.24) is 0 Å². The van der Waals surface area contributed by atoms with E-state index < -0.39 is 11.6 Å². The minimum Gasteiger partial charge on any atom is -0.391 e. The van der Waals surface area contributed by atoms with Gasteiger partial charge in [-0.05, 0) is 36.5 Å². The molecule has 0 heterocycles. The first-order valence-electron chi connectivity index (χ1n) is 6.35. The van der Waals surface area contributed by atoms with E-state index in [0.29, 0.717) is 11.5 Å². The molecule has 2 rings (SSSR count). The average Bonchev–Trinajstić information content (AvgIpc) is 2.40. The molecule has 1 fully saturated rings. The normalized spacial score (nSPS) is 17.2. The van der Waals surface area contributed by atoms with E-state index in [0.717, 1.165) is 25.0 Å². The molecule has 18 heavy (non-hydrogen) atoms. The summed E-state index contributed by atoms with van der Waals surface area (Å²) in [6.45, 7) is 0.167. The molecule has 0 amide bonds. The van der Waals surface area contributed by atoms with Crippen molar-refractivity contribution in [3.8, 4) is 0 Å². The number of hydrogen-bond donors (Lipinski definition) is 0. The molecule has 0 unspecified atom stereocenters. The van der Waals surface area contributed by atoms with Gasteiger partial charge in [-0.3, -0.25) is 0 Å². The van der Waals surface area contributed by atoms with E-state index in [1.165, 1.54) is 25.3 Å². The molecule has 0 radical (unpaired) electrons. The van der Waals surface area contributed by atoms with Gasteiger partial charge in [-0.25, -0.2) is 8.78 Å². The summed E-state index contributed by atoms with van der Waals surface area (Å²) in [4.78, 5) is 5.10. The Labute approximate surface area is 106 Å². The van der Waals surface area contributed by atoms with Crippen molar-refractivity contribution in [3.63, 3.8) is 0 Å². The van der Waals surface area contributed by atoms with Crippen LogP contribution in [0, 0.1) is 17.6 Å². The zero-order chi connectivity index (χ0) is 12.8. The van der Waals surface area contributed by atoms with E-state index in [1.807, 2.05) is 6.21 Å². The van der Waals surface area contributed by atoms with Crippen LogP contribution >= 0.6 is 0 Å².